The molecule has 1 heteroatoms. The van der Waals surface area contributed by atoms with Gasteiger partial charge < -0.3 is 0 Å². The Labute approximate surface area is 294 Å². The predicted octanol–water partition coefficient (Wildman–Crippen LogP) is 12.5. The normalized spacial score (nSPS) is 14.8. The van der Waals surface area contributed by atoms with E-state index in [1.165, 1.54) is 83.2 Å². The molecule has 1 unspecified atom stereocenters. The summed E-state index contributed by atoms with van der Waals surface area (Å²) in [6.45, 7) is 22.6. The molecule has 1 atom stereocenters. The zero-order chi connectivity index (χ0) is 33.7. The van der Waals surface area contributed by atoms with Crippen molar-refractivity contribution in [2.24, 2.45) is 11.3 Å². The molecular weight excluding hydrogens is 632 g/mol. The monoisotopic (exact) mass is 682 g/mol. The molecule has 0 N–H and O–H groups in total. The molecule has 0 saturated carbocycles. The molecule has 0 saturated heterocycles. The van der Waals surface area contributed by atoms with Crippen LogP contribution in [-0.4, -0.2) is 3.21 Å². The van der Waals surface area contributed by atoms with E-state index in [1.807, 2.05) is 0 Å². The van der Waals surface area contributed by atoms with Crippen molar-refractivity contribution in [3.8, 4) is 0 Å². The van der Waals surface area contributed by atoms with Gasteiger partial charge in [0.15, 0.2) is 0 Å². The summed E-state index contributed by atoms with van der Waals surface area (Å²) < 4.78 is 1.42. The summed E-state index contributed by atoms with van der Waals surface area (Å²) in [6, 6.07) is 37.3. The minimum absolute atomic E-state index is 0.203. The molecule has 6 rings (SSSR count). The van der Waals surface area contributed by atoms with Gasteiger partial charge >= 0.3 is 99.2 Å². The van der Waals surface area contributed by atoms with E-state index >= 15 is 0 Å². The Morgan fingerprint density at radius 1 is 0.630 bits per heavy atom. The molecule has 46 heavy (non-hydrogen) atoms. The minimum atomic E-state index is 0.203. The fraction of sp³-hybridized carbons (Fsp3) is 0.333. The number of hydrogen-bond acceptors (Lipinski definition) is 0. The summed E-state index contributed by atoms with van der Waals surface area (Å²) in [7, 11) is 0. The summed E-state index contributed by atoms with van der Waals surface area (Å²) >= 11 is 1.46. The van der Waals surface area contributed by atoms with E-state index < -0.39 is 0 Å². The van der Waals surface area contributed by atoms with Gasteiger partial charge in [-0.15, -0.1) is 39.7 Å². The van der Waals surface area contributed by atoms with Crippen LogP contribution in [0.3, 0.4) is 0 Å². The third kappa shape index (κ3) is 9.29. The summed E-state index contributed by atoms with van der Waals surface area (Å²) in [5.74, 6) is 0.573. The fourth-order valence-electron chi connectivity index (χ4n) is 5.54. The second-order valence-electron chi connectivity index (χ2n) is 15.6. The van der Waals surface area contributed by atoms with Crippen molar-refractivity contribution in [3.63, 3.8) is 0 Å². The van der Waals surface area contributed by atoms with Gasteiger partial charge in [-0.05, 0) is 10.8 Å². The van der Waals surface area contributed by atoms with Crippen LogP contribution in [-0.2, 0) is 35.1 Å². The Morgan fingerprint density at radius 3 is 1.39 bits per heavy atom. The molecular formula is C45H52Zr. The second kappa shape index (κ2) is 14.8. The molecule has 0 spiro atoms. The van der Waals surface area contributed by atoms with E-state index in [9.17, 15) is 0 Å². The Bertz CT molecular complexity index is 1700. The molecule has 0 nitrogen and oxygen atoms in total. The third-order valence-corrected chi connectivity index (χ3v) is 10.1. The Morgan fingerprint density at radius 2 is 1.07 bits per heavy atom. The van der Waals surface area contributed by atoms with E-state index in [2.05, 4.69) is 191 Å². The average molecular weight is 684 g/mol. The number of hydrogen-bond donors (Lipinski definition) is 0. The topological polar surface area (TPSA) is 0 Å². The fourth-order valence-corrected chi connectivity index (χ4v) is 6.36. The van der Waals surface area contributed by atoms with Crippen LogP contribution in [0.1, 0.15) is 97.9 Å². The van der Waals surface area contributed by atoms with Gasteiger partial charge in [0.1, 0.15) is 0 Å². The van der Waals surface area contributed by atoms with Crippen molar-refractivity contribution in [1.29, 1.82) is 0 Å². The van der Waals surface area contributed by atoms with E-state index in [1.54, 1.807) is 0 Å². The van der Waals surface area contributed by atoms with Crippen LogP contribution in [0.4, 0.5) is 0 Å². The third-order valence-electron chi connectivity index (χ3n) is 8.70. The zero-order valence-electron chi connectivity index (χ0n) is 29.8. The number of fused-ring (bicyclic) bond motifs is 3. The second-order valence-corrected chi connectivity index (χ2v) is 16.8. The summed E-state index contributed by atoms with van der Waals surface area (Å²) in [6.07, 6.45) is 9.00. The first-order valence-electron chi connectivity index (χ1n) is 16.7. The quantitative estimate of drug-likeness (QED) is 0.166. The van der Waals surface area contributed by atoms with Crippen LogP contribution >= 0.6 is 0 Å². The summed E-state index contributed by atoms with van der Waals surface area (Å²) in [5.41, 5.74) is 7.61. The molecule has 5 aromatic rings. The molecule has 5 aromatic carbocycles. The molecule has 0 aromatic heterocycles. The van der Waals surface area contributed by atoms with Crippen molar-refractivity contribution >= 4 is 24.8 Å². The Kier molecular flexibility index (Phi) is 11.5. The first kappa shape index (κ1) is 35.8. The molecule has 1 aliphatic rings. The molecule has 0 bridgehead atoms. The number of benzene rings is 4. The van der Waals surface area contributed by atoms with Gasteiger partial charge in [-0.25, -0.2) is 6.08 Å². The van der Waals surface area contributed by atoms with Crippen LogP contribution in [0.2, 0.25) is 0 Å². The first-order chi connectivity index (χ1) is 21.6. The number of rotatable bonds is 3. The van der Waals surface area contributed by atoms with Crippen LogP contribution in [0.5, 0.6) is 0 Å². The van der Waals surface area contributed by atoms with Crippen LogP contribution in [0, 0.1) is 17.4 Å². The van der Waals surface area contributed by atoms with Gasteiger partial charge in [-0.1, -0.05) is 122 Å². The number of allylic oxidation sites excluding steroid dienone is 4. The van der Waals surface area contributed by atoms with Gasteiger partial charge in [-0.3, -0.25) is 6.08 Å². The van der Waals surface area contributed by atoms with Crippen molar-refractivity contribution < 1.29 is 24.2 Å². The molecule has 0 radical (unpaired) electrons. The van der Waals surface area contributed by atoms with Gasteiger partial charge in [0.2, 0.25) is 0 Å². The standard InChI is InChI=1S/C21H25.C13H10.C11H17.Zr/c1-20(2,3)16-7-9-18-14(12-16)11-15-13-17(21(4,5)6)8-10-19(15)18;1-3-7-12(8-4-1)11-13-9-5-2-6-10-13;1-5-9-6-7-10(8-9)11(2,3)4;/h7-13H,1-6H3;1-10H;7-9H,5H2,1-4H3;/q-1;;-1;+2. The van der Waals surface area contributed by atoms with Gasteiger partial charge in [-0.2, -0.15) is 11.6 Å². The van der Waals surface area contributed by atoms with E-state index in [4.69, 9.17) is 0 Å². The van der Waals surface area contributed by atoms with Crippen molar-refractivity contribution in [2.75, 3.05) is 0 Å². The van der Waals surface area contributed by atoms with Crippen LogP contribution < -0.4 is 0 Å². The van der Waals surface area contributed by atoms with Crippen LogP contribution in [0.15, 0.2) is 121 Å². The molecule has 0 aliphatic heterocycles. The van der Waals surface area contributed by atoms with Gasteiger partial charge in [0.05, 0.1) is 0 Å². The first-order valence-corrected chi connectivity index (χ1v) is 18.0. The molecule has 0 fully saturated rings. The van der Waals surface area contributed by atoms with E-state index in [0.717, 1.165) is 0 Å². The van der Waals surface area contributed by atoms with Crippen molar-refractivity contribution in [2.45, 2.75) is 86.5 Å². The van der Waals surface area contributed by atoms with Crippen LogP contribution in [0.25, 0.3) is 21.5 Å². The SMILES string of the molecule is CC(C)(C)c1ccc2c(c1)[cH-]c1cc(C(C)(C)C)ccc12.CCC1[C-]=CC(C(C)(C)C)=C1.[Zr+2]=[C](c1ccccc1)c1ccccc1. The maximum atomic E-state index is 3.35. The average Bonchev–Trinajstić information content (AvgIpc) is 3.66. The molecule has 0 amide bonds. The van der Waals surface area contributed by atoms with Gasteiger partial charge in [0.25, 0.3) is 0 Å². The van der Waals surface area contributed by atoms with Crippen molar-refractivity contribution in [1.82, 2.24) is 0 Å². The molecule has 0 heterocycles. The Hall–Kier alpha value is -3.02. The summed E-state index contributed by atoms with van der Waals surface area (Å²) in [4.78, 5) is 0. The zero-order valence-corrected chi connectivity index (χ0v) is 32.2. The van der Waals surface area contributed by atoms with Crippen molar-refractivity contribution in [3.05, 3.63) is 149 Å². The molecule has 1 aliphatic carbocycles. The Balaban J connectivity index is 0.000000167. The summed E-state index contributed by atoms with van der Waals surface area (Å²) in [5, 5.41) is 5.48. The predicted molar refractivity (Wildman–Crippen MR) is 200 cm³/mol. The van der Waals surface area contributed by atoms with E-state index in [-0.39, 0.29) is 10.8 Å². The maximum absolute atomic E-state index is 3.35. The molecule has 236 valence electrons. The van der Waals surface area contributed by atoms with Gasteiger partial charge in [0, 0.05) is 0 Å². The van der Waals surface area contributed by atoms with E-state index in [0.29, 0.717) is 11.3 Å².